The molecule has 2 heterocycles. The van der Waals surface area contributed by atoms with Gasteiger partial charge in [-0.25, -0.2) is 9.78 Å². The summed E-state index contributed by atoms with van der Waals surface area (Å²) < 4.78 is 1.57. The first-order valence-electron chi connectivity index (χ1n) is 7.77. The summed E-state index contributed by atoms with van der Waals surface area (Å²) in [7, 11) is 0. The predicted molar refractivity (Wildman–Crippen MR) is 91.4 cm³/mol. The Balaban J connectivity index is 2.63. The van der Waals surface area contributed by atoms with Gasteiger partial charge >= 0.3 is 5.97 Å². The van der Waals surface area contributed by atoms with Gasteiger partial charge in [0.25, 0.3) is 0 Å². The maximum absolute atomic E-state index is 11.2. The number of aromatic nitrogens is 3. The fourth-order valence-electron chi connectivity index (χ4n) is 2.46. The summed E-state index contributed by atoms with van der Waals surface area (Å²) in [5.74, 6) is 0.547. The van der Waals surface area contributed by atoms with E-state index in [4.69, 9.17) is 11.6 Å². The van der Waals surface area contributed by atoms with Crippen molar-refractivity contribution in [1.29, 1.82) is 0 Å². The number of anilines is 1. The Labute approximate surface area is 141 Å². The van der Waals surface area contributed by atoms with Crippen molar-refractivity contribution in [3.05, 3.63) is 23.0 Å². The van der Waals surface area contributed by atoms with Crippen LogP contribution in [0.4, 0.5) is 5.82 Å². The van der Waals surface area contributed by atoms with Crippen molar-refractivity contribution in [1.82, 2.24) is 14.6 Å². The van der Waals surface area contributed by atoms with E-state index in [1.165, 1.54) is 6.07 Å². The molecule has 7 heteroatoms. The Morgan fingerprint density at radius 1 is 1.30 bits per heavy atom. The first kappa shape index (κ1) is 17.5. The van der Waals surface area contributed by atoms with Crippen LogP contribution in [0, 0.1) is 11.8 Å². The Morgan fingerprint density at radius 2 is 1.96 bits per heavy atom. The lowest BCUT2D eigenvalue weighted by molar-refractivity contribution is 0.0690. The number of hydrogen-bond donors (Lipinski definition) is 1. The molecule has 0 saturated heterocycles. The largest absolute Gasteiger partial charge is 0.476 e. The molecule has 1 N–H and O–H groups in total. The molecule has 2 rings (SSSR count). The molecule has 0 radical (unpaired) electrons. The van der Waals surface area contributed by atoms with Crippen LogP contribution in [0.15, 0.2) is 12.1 Å². The molecule has 0 aromatic carbocycles. The van der Waals surface area contributed by atoms with Gasteiger partial charge in [0.15, 0.2) is 11.3 Å². The Bertz CT molecular complexity index is 711. The molecule has 2 aromatic heterocycles. The number of halogens is 1. The van der Waals surface area contributed by atoms with E-state index in [1.54, 1.807) is 10.6 Å². The molecule has 0 aliphatic heterocycles. The SMILES string of the molecule is CC(C)CN(c1cc(Cl)nc2cc(C(=O)O)nn12)C(C)C(C)C. The van der Waals surface area contributed by atoms with Crippen molar-refractivity contribution >= 4 is 29.0 Å². The Kier molecular flexibility index (Phi) is 5.14. The number of carbonyl (C=O) groups is 1. The van der Waals surface area contributed by atoms with E-state index in [0.717, 1.165) is 12.4 Å². The third-order valence-electron chi connectivity index (χ3n) is 3.91. The second-order valence-corrected chi connectivity index (χ2v) is 6.96. The molecule has 126 valence electrons. The summed E-state index contributed by atoms with van der Waals surface area (Å²) in [5.41, 5.74) is 0.400. The van der Waals surface area contributed by atoms with Gasteiger partial charge in [0, 0.05) is 24.7 Å². The highest BCUT2D eigenvalue weighted by molar-refractivity contribution is 6.29. The van der Waals surface area contributed by atoms with Crippen LogP contribution in [0.3, 0.4) is 0 Å². The second kappa shape index (κ2) is 6.74. The van der Waals surface area contributed by atoms with Gasteiger partial charge < -0.3 is 10.0 Å². The van der Waals surface area contributed by atoms with E-state index in [2.05, 4.69) is 49.6 Å². The van der Waals surface area contributed by atoms with E-state index >= 15 is 0 Å². The van der Waals surface area contributed by atoms with E-state index in [9.17, 15) is 9.90 Å². The third-order valence-corrected chi connectivity index (χ3v) is 4.10. The normalized spacial score (nSPS) is 13.0. The fraction of sp³-hybridized carbons (Fsp3) is 0.562. The minimum absolute atomic E-state index is 0.0392. The summed E-state index contributed by atoms with van der Waals surface area (Å²) in [6.07, 6.45) is 0. The molecule has 0 aliphatic rings. The molecule has 1 unspecified atom stereocenters. The van der Waals surface area contributed by atoms with Crippen LogP contribution < -0.4 is 4.90 Å². The van der Waals surface area contributed by atoms with E-state index in [1.807, 2.05) is 0 Å². The summed E-state index contributed by atoms with van der Waals surface area (Å²) in [5, 5.41) is 13.7. The molecular formula is C16H23ClN4O2. The molecule has 0 saturated carbocycles. The lowest BCUT2D eigenvalue weighted by atomic mass is 10.0. The van der Waals surface area contributed by atoms with Crippen LogP contribution in [0.1, 0.15) is 45.1 Å². The summed E-state index contributed by atoms with van der Waals surface area (Å²) in [6, 6.07) is 3.43. The monoisotopic (exact) mass is 338 g/mol. The van der Waals surface area contributed by atoms with Gasteiger partial charge in [-0.1, -0.05) is 39.3 Å². The number of carboxylic acid groups (broad SMARTS) is 1. The van der Waals surface area contributed by atoms with Crippen molar-refractivity contribution < 1.29 is 9.90 Å². The first-order valence-corrected chi connectivity index (χ1v) is 8.14. The molecule has 6 nitrogen and oxygen atoms in total. The topological polar surface area (TPSA) is 70.7 Å². The van der Waals surface area contributed by atoms with Crippen LogP contribution in [-0.4, -0.2) is 38.3 Å². The maximum Gasteiger partial charge on any atom is 0.356 e. The average Bonchev–Trinajstić information content (AvgIpc) is 2.86. The summed E-state index contributed by atoms with van der Waals surface area (Å²) in [4.78, 5) is 17.6. The van der Waals surface area contributed by atoms with Crippen molar-refractivity contribution in [2.24, 2.45) is 11.8 Å². The Hall–Kier alpha value is -1.82. The zero-order chi connectivity index (χ0) is 17.3. The smallest absolute Gasteiger partial charge is 0.356 e. The number of carboxylic acids is 1. The quantitative estimate of drug-likeness (QED) is 0.815. The first-order chi connectivity index (χ1) is 10.7. The van der Waals surface area contributed by atoms with Crippen LogP contribution >= 0.6 is 11.6 Å². The average molecular weight is 339 g/mol. The molecule has 0 spiro atoms. The predicted octanol–water partition coefficient (Wildman–Crippen LogP) is 3.59. The molecule has 1 atom stereocenters. The lowest BCUT2D eigenvalue weighted by Gasteiger charge is -2.35. The minimum atomic E-state index is -1.08. The van der Waals surface area contributed by atoms with Crippen molar-refractivity contribution in [3.63, 3.8) is 0 Å². The van der Waals surface area contributed by atoms with Gasteiger partial charge in [-0.2, -0.15) is 9.61 Å². The molecule has 0 bridgehead atoms. The van der Waals surface area contributed by atoms with Crippen molar-refractivity contribution in [2.75, 3.05) is 11.4 Å². The second-order valence-electron chi connectivity index (χ2n) is 6.57. The number of hydrogen-bond acceptors (Lipinski definition) is 4. The summed E-state index contributed by atoms with van der Waals surface area (Å²) >= 11 is 6.15. The summed E-state index contributed by atoms with van der Waals surface area (Å²) in [6.45, 7) is 11.6. The maximum atomic E-state index is 11.2. The molecule has 0 fully saturated rings. The van der Waals surface area contributed by atoms with E-state index in [0.29, 0.717) is 22.6 Å². The van der Waals surface area contributed by atoms with Crippen LogP contribution in [-0.2, 0) is 0 Å². The minimum Gasteiger partial charge on any atom is -0.476 e. The van der Waals surface area contributed by atoms with Gasteiger partial charge in [0.2, 0.25) is 0 Å². The van der Waals surface area contributed by atoms with E-state index in [-0.39, 0.29) is 11.7 Å². The van der Waals surface area contributed by atoms with Crippen LogP contribution in [0.25, 0.3) is 5.65 Å². The van der Waals surface area contributed by atoms with Gasteiger partial charge in [-0.05, 0) is 18.8 Å². The highest BCUT2D eigenvalue weighted by Gasteiger charge is 2.23. The van der Waals surface area contributed by atoms with Gasteiger partial charge in [0.1, 0.15) is 11.0 Å². The van der Waals surface area contributed by atoms with Gasteiger partial charge in [-0.3, -0.25) is 0 Å². The van der Waals surface area contributed by atoms with Crippen LogP contribution in [0.5, 0.6) is 0 Å². The van der Waals surface area contributed by atoms with Crippen molar-refractivity contribution in [2.45, 2.75) is 40.7 Å². The zero-order valence-corrected chi connectivity index (χ0v) is 14.9. The highest BCUT2D eigenvalue weighted by atomic mass is 35.5. The zero-order valence-electron chi connectivity index (χ0n) is 14.1. The third kappa shape index (κ3) is 3.75. The Morgan fingerprint density at radius 3 is 2.48 bits per heavy atom. The molecule has 0 aliphatic carbocycles. The highest BCUT2D eigenvalue weighted by Crippen LogP contribution is 2.26. The van der Waals surface area contributed by atoms with E-state index < -0.39 is 5.97 Å². The molecular weight excluding hydrogens is 316 g/mol. The number of rotatable bonds is 6. The number of fused-ring (bicyclic) bond motifs is 1. The van der Waals surface area contributed by atoms with Crippen molar-refractivity contribution in [3.8, 4) is 0 Å². The number of aromatic carboxylic acids is 1. The fourth-order valence-corrected chi connectivity index (χ4v) is 2.64. The molecule has 23 heavy (non-hydrogen) atoms. The van der Waals surface area contributed by atoms with Gasteiger partial charge in [0.05, 0.1) is 0 Å². The standard InChI is InChI=1S/C16H23ClN4O2/c1-9(2)8-20(11(5)10(3)4)15-7-13(17)18-14-6-12(16(22)23)19-21(14)15/h6-7,9-11H,8H2,1-5H3,(H,22,23). The molecule has 0 amide bonds. The number of nitrogens with zero attached hydrogens (tertiary/aromatic N) is 4. The van der Waals surface area contributed by atoms with Crippen LogP contribution in [0.2, 0.25) is 5.15 Å². The molecule has 2 aromatic rings. The lowest BCUT2D eigenvalue weighted by Crippen LogP contribution is -2.40. The van der Waals surface area contributed by atoms with Gasteiger partial charge in [-0.15, -0.1) is 0 Å².